The summed E-state index contributed by atoms with van der Waals surface area (Å²) in [5.41, 5.74) is 7.77. The summed E-state index contributed by atoms with van der Waals surface area (Å²) < 4.78 is 8.27. The van der Waals surface area contributed by atoms with Gasteiger partial charge in [-0.3, -0.25) is 4.79 Å². The second-order valence-corrected chi connectivity index (χ2v) is 29.8. The minimum absolute atomic E-state index is 0.839. The molecule has 0 aliphatic carbocycles. The Morgan fingerprint density at radius 1 is 0.372 bits per heavy atom. The number of aromatic nitrogens is 2. The molecule has 0 aliphatic rings. The van der Waals surface area contributed by atoms with Crippen LogP contribution in [0.5, 0.6) is 5.06 Å². The maximum absolute atomic E-state index is 12.0. The molecule has 4 nitrogen and oxygen atoms in total. The van der Waals surface area contributed by atoms with Gasteiger partial charge >= 0.3 is 0 Å². The van der Waals surface area contributed by atoms with Crippen molar-refractivity contribution in [3.8, 4) is 63.8 Å². The van der Waals surface area contributed by atoms with Gasteiger partial charge in [0.15, 0.2) is 11.3 Å². The van der Waals surface area contributed by atoms with Crippen LogP contribution in [0.2, 0.25) is 0 Å². The maximum Gasteiger partial charge on any atom is 0.174 e. The number of methoxy groups -OCH3 is 1. The van der Waals surface area contributed by atoms with Gasteiger partial charge in [-0.05, 0) is 134 Å². The Morgan fingerprint density at radius 3 is 1.13 bits per heavy atom. The highest BCUT2D eigenvalue weighted by molar-refractivity contribution is 7.31. The molecule has 8 aromatic heterocycles. The number of carbonyl (C=O) groups excluding carboxylic acids is 1. The van der Waals surface area contributed by atoms with Gasteiger partial charge in [-0.1, -0.05) is 167 Å². The Hall–Kier alpha value is -3.33. The fourth-order valence-corrected chi connectivity index (χ4v) is 20.0. The van der Waals surface area contributed by atoms with Crippen LogP contribution in [0.25, 0.3) is 79.2 Å². The van der Waals surface area contributed by atoms with Crippen molar-refractivity contribution in [3.63, 3.8) is 0 Å². The van der Waals surface area contributed by atoms with Crippen LogP contribution in [-0.4, -0.2) is 23.4 Å². The van der Waals surface area contributed by atoms with Gasteiger partial charge in [0, 0.05) is 34.1 Å². The van der Waals surface area contributed by atoms with E-state index in [0.29, 0.717) is 0 Å². The highest BCUT2D eigenvalue weighted by Crippen LogP contribution is 2.50. The summed E-state index contributed by atoms with van der Waals surface area (Å²) in [5, 5.41) is 3.23. The minimum atomic E-state index is 0.839. The van der Waals surface area contributed by atoms with Crippen LogP contribution < -0.4 is 4.74 Å². The summed E-state index contributed by atoms with van der Waals surface area (Å²) in [6.07, 6.45) is 36.4. The van der Waals surface area contributed by atoms with Crippen LogP contribution in [0.15, 0.2) is 60.7 Å². The minimum Gasteiger partial charge on any atom is -0.487 e. The largest absolute Gasteiger partial charge is 0.487 e. The molecule has 0 aliphatic heterocycles. The maximum atomic E-state index is 12.0. The zero-order chi connectivity index (χ0) is 54.1. The van der Waals surface area contributed by atoms with E-state index in [2.05, 4.69) is 88.4 Å². The smallest absolute Gasteiger partial charge is 0.174 e. The van der Waals surface area contributed by atoms with E-state index in [9.17, 15) is 4.79 Å². The Balaban J connectivity index is 0.966. The van der Waals surface area contributed by atoms with Gasteiger partial charge in [0.25, 0.3) is 0 Å². The van der Waals surface area contributed by atoms with Crippen LogP contribution in [-0.2, 0) is 25.7 Å². The number of ether oxygens (including phenoxy) is 1. The lowest BCUT2D eigenvalue weighted by molar-refractivity contribution is 0.112. The number of thiazole rings is 2. The van der Waals surface area contributed by atoms with Crippen molar-refractivity contribution in [1.82, 2.24) is 9.97 Å². The van der Waals surface area contributed by atoms with Gasteiger partial charge in [-0.2, -0.15) is 0 Å². The van der Waals surface area contributed by atoms with E-state index >= 15 is 0 Å². The van der Waals surface area contributed by atoms with Gasteiger partial charge < -0.3 is 4.74 Å². The number of nitrogens with zero attached hydrogens (tertiary/aromatic N) is 2. The molecule has 0 bridgehead atoms. The summed E-state index contributed by atoms with van der Waals surface area (Å²) in [7, 11) is 1.81. The molecule has 8 heterocycles. The molecule has 0 fully saturated rings. The van der Waals surface area contributed by atoms with E-state index in [0.717, 1.165) is 63.0 Å². The van der Waals surface area contributed by atoms with Crippen LogP contribution in [0, 0.1) is 0 Å². The molecule has 0 atom stereocenters. The molecule has 0 saturated heterocycles. The van der Waals surface area contributed by atoms with Crippen molar-refractivity contribution in [2.75, 3.05) is 7.11 Å². The third-order valence-electron chi connectivity index (χ3n) is 15.2. The fraction of sp³-hybridized carbons (Fsp3) is 0.500. The molecule has 9 aromatic rings. The average Bonchev–Trinajstić information content (AvgIpc) is 4.33. The molecule has 0 N–H and O–H groups in total. The number of unbranched alkanes of at least 4 members (excludes halogenated alkanes) is 20. The van der Waals surface area contributed by atoms with E-state index in [1.54, 1.807) is 11.3 Å². The zero-order valence-corrected chi connectivity index (χ0v) is 53.7. The summed E-state index contributed by atoms with van der Waals surface area (Å²) in [6.45, 7) is 9.17. The average molecular weight is 1190 g/mol. The first-order valence-electron chi connectivity index (χ1n) is 29.8. The van der Waals surface area contributed by atoms with Crippen LogP contribution in [0.3, 0.4) is 0 Å². The van der Waals surface area contributed by atoms with E-state index in [1.165, 1.54) is 235 Å². The van der Waals surface area contributed by atoms with Crippen LogP contribution in [0.1, 0.15) is 214 Å². The molecule has 0 unspecified atom stereocenters. The summed E-state index contributed by atoms with van der Waals surface area (Å²) in [5.74, 6) is 0. The molecule has 416 valence electrons. The van der Waals surface area contributed by atoms with Gasteiger partial charge in [0.1, 0.15) is 10.0 Å². The van der Waals surface area contributed by atoms with E-state index < -0.39 is 0 Å². The molecule has 0 spiro atoms. The van der Waals surface area contributed by atoms with Crippen LogP contribution >= 0.6 is 90.7 Å². The first-order valence-corrected chi connectivity index (χ1v) is 36.4. The Bertz CT molecular complexity index is 3200. The lowest BCUT2D eigenvalue weighted by atomic mass is 10.0. The molecule has 78 heavy (non-hydrogen) atoms. The van der Waals surface area contributed by atoms with Crippen molar-refractivity contribution < 1.29 is 9.53 Å². The molecule has 0 radical (unpaired) electrons. The topological polar surface area (TPSA) is 52.1 Å². The SMILES string of the molecule is CCCCCCCCc1cc(C=O)sc1-c1ccc(-c2sc(-c3nc4cc5nc(-c6cc(CCCCCCCC)c(-c7ccc(-c8sc(OC)cc8CCCCCCCC)s7)s6)sc5cc4s3)cc2CCCCCCCC)s1. The number of fused-ring (bicyclic) bond motifs is 2. The lowest BCUT2D eigenvalue weighted by Crippen LogP contribution is -1.86. The van der Waals surface area contributed by atoms with Crippen molar-refractivity contribution in [2.45, 2.75) is 207 Å². The molecular formula is C66H82N2O2S8. The number of thiophene rings is 6. The normalized spacial score (nSPS) is 11.9. The van der Waals surface area contributed by atoms with E-state index in [-0.39, 0.29) is 0 Å². The number of benzene rings is 1. The molecular weight excluding hydrogens is 1110 g/mol. The lowest BCUT2D eigenvalue weighted by Gasteiger charge is -2.04. The summed E-state index contributed by atoms with van der Waals surface area (Å²) in [6, 6.07) is 23.4. The Morgan fingerprint density at radius 2 is 0.731 bits per heavy atom. The predicted octanol–water partition coefficient (Wildman–Crippen LogP) is 24.7. The van der Waals surface area contributed by atoms with Gasteiger partial charge in [-0.25, -0.2) is 9.97 Å². The van der Waals surface area contributed by atoms with Crippen molar-refractivity contribution in [2.24, 2.45) is 0 Å². The van der Waals surface area contributed by atoms with Crippen molar-refractivity contribution in [3.05, 3.63) is 87.8 Å². The first-order chi connectivity index (χ1) is 38.4. The molecule has 12 heteroatoms. The Labute approximate surface area is 498 Å². The predicted molar refractivity (Wildman–Crippen MR) is 353 cm³/mol. The second kappa shape index (κ2) is 30.6. The summed E-state index contributed by atoms with van der Waals surface area (Å²) in [4.78, 5) is 37.0. The highest BCUT2D eigenvalue weighted by atomic mass is 32.1. The number of hydrogen-bond donors (Lipinski definition) is 0. The number of rotatable bonds is 36. The number of aldehydes is 1. The second-order valence-electron chi connectivity index (χ2n) is 21.4. The standard InChI is InChI=1S/C66H82N2O2S8/c1-6-10-14-18-22-26-30-45-38-49(44-69)71-61(45)52-34-35-53(72-52)62-46(31-27-23-19-15-11-7-2)39-58(74-62)65-67-50-42-51-57(43-56(50)76-65)77-66(68-51)59-40-47(32-28-24-20-16-12-8-3)63(75-59)54-36-37-55(73-54)64-48(41-60(70-5)78-64)33-29-25-21-17-13-9-4/h34-44H,6-33H2,1-5H3. The number of hydrogen-bond acceptors (Lipinski definition) is 12. The van der Waals surface area contributed by atoms with Gasteiger partial charge in [-0.15, -0.1) is 79.4 Å². The van der Waals surface area contributed by atoms with Crippen LogP contribution in [0.4, 0.5) is 0 Å². The first kappa shape index (κ1) is 59.3. The molecule has 0 saturated carbocycles. The third-order valence-corrected chi connectivity index (χ3v) is 25.0. The Kier molecular flexibility index (Phi) is 23.3. The molecule has 9 rings (SSSR count). The molecule has 0 amide bonds. The number of carbonyl (C=O) groups is 1. The quantitative estimate of drug-likeness (QED) is 0.0290. The zero-order valence-electron chi connectivity index (χ0n) is 47.1. The highest BCUT2D eigenvalue weighted by Gasteiger charge is 2.23. The van der Waals surface area contributed by atoms with E-state index in [1.807, 2.05) is 86.5 Å². The van der Waals surface area contributed by atoms with Gasteiger partial charge in [0.05, 0.1) is 47.1 Å². The van der Waals surface area contributed by atoms with E-state index in [4.69, 9.17) is 14.7 Å². The van der Waals surface area contributed by atoms with Gasteiger partial charge in [0.2, 0.25) is 0 Å². The third kappa shape index (κ3) is 15.6. The number of aryl methyl sites for hydroxylation is 4. The van der Waals surface area contributed by atoms with Crippen molar-refractivity contribution >= 4 is 117 Å². The monoisotopic (exact) mass is 1190 g/mol. The molecule has 1 aromatic carbocycles. The summed E-state index contributed by atoms with van der Waals surface area (Å²) >= 11 is 14.8. The fourth-order valence-electron chi connectivity index (χ4n) is 10.8. The van der Waals surface area contributed by atoms with Crippen molar-refractivity contribution in [1.29, 1.82) is 0 Å².